The van der Waals surface area contributed by atoms with Crippen LogP contribution < -0.4 is 5.32 Å². The second kappa shape index (κ2) is 9.25. The Morgan fingerprint density at radius 2 is 1.55 bits per heavy atom. The van der Waals surface area contributed by atoms with Gasteiger partial charge in [-0.05, 0) is 55.8 Å². The van der Waals surface area contributed by atoms with Crippen LogP contribution in [-0.4, -0.2) is 41.8 Å². The Balaban J connectivity index is 1.81. The van der Waals surface area contributed by atoms with E-state index >= 15 is 0 Å². The van der Waals surface area contributed by atoms with Gasteiger partial charge < -0.3 is 14.8 Å². The molecule has 0 saturated heterocycles. The SMILES string of the molecule is COC(=O)c1ccc(C(=O)OC)c(NC(=O)c2ccc(Cn3nc(C)cc3C)cc2)c1. The van der Waals surface area contributed by atoms with Gasteiger partial charge in [0.25, 0.3) is 5.91 Å². The van der Waals surface area contributed by atoms with Crippen molar-refractivity contribution in [1.29, 1.82) is 0 Å². The molecule has 3 aromatic rings. The number of hydrogen-bond donors (Lipinski definition) is 1. The number of carbonyl (C=O) groups is 3. The zero-order valence-corrected chi connectivity index (χ0v) is 17.8. The van der Waals surface area contributed by atoms with Crippen molar-refractivity contribution in [3.8, 4) is 0 Å². The van der Waals surface area contributed by atoms with Crippen LogP contribution in [0.2, 0.25) is 0 Å². The van der Waals surface area contributed by atoms with E-state index < -0.39 is 17.8 Å². The number of esters is 2. The molecule has 0 atom stereocenters. The second-order valence-corrected chi connectivity index (χ2v) is 6.98. The van der Waals surface area contributed by atoms with Gasteiger partial charge in [-0.15, -0.1) is 0 Å². The fraction of sp³-hybridized carbons (Fsp3) is 0.217. The third kappa shape index (κ3) is 4.98. The maximum atomic E-state index is 12.8. The minimum Gasteiger partial charge on any atom is -0.465 e. The summed E-state index contributed by atoms with van der Waals surface area (Å²) in [5.41, 5.74) is 3.88. The number of ether oxygens (including phenoxy) is 2. The van der Waals surface area contributed by atoms with Crippen LogP contribution in [0.3, 0.4) is 0 Å². The Morgan fingerprint density at radius 3 is 2.13 bits per heavy atom. The van der Waals surface area contributed by atoms with Crippen LogP contribution in [0.4, 0.5) is 5.69 Å². The van der Waals surface area contributed by atoms with Crippen LogP contribution in [0.1, 0.15) is 48.0 Å². The van der Waals surface area contributed by atoms with E-state index in [0.29, 0.717) is 12.1 Å². The van der Waals surface area contributed by atoms with E-state index in [-0.39, 0.29) is 16.8 Å². The molecule has 0 fully saturated rings. The normalized spacial score (nSPS) is 10.5. The zero-order valence-electron chi connectivity index (χ0n) is 17.8. The summed E-state index contributed by atoms with van der Waals surface area (Å²) >= 11 is 0. The van der Waals surface area contributed by atoms with Crippen LogP contribution in [-0.2, 0) is 16.0 Å². The molecule has 31 heavy (non-hydrogen) atoms. The maximum absolute atomic E-state index is 12.8. The van der Waals surface area contributed by atoms with Crippen LogP contribution in [0, 0.1) is 13.8 Å². The van der Waals surface area contributed by atoms with E-state index in [1.165, 1.54) is 32.4 Å². The predicted molar refractivity (Wildman–Crippen MR) is 114 cm³/mol. The standard InChI is InChI=1S/C23H23N3O5/c1-14-11-15(2)26(25-14)13-16-5-7-17(8-6-16)21(27)24-20-12-18(22(28)30-3)9-10-19(20)23(29)31-4/h5-12H,13H2,1-4H3,(H,24,27). The van der Waals surface area contributed by atoms with Crippen LogP contribution in [0.25, 0.3) is 0 Å². The molecule has 3 rings (SSSR count). The number of anilines is 1. The first-order chi connectivity index (χ1) is 14.8. The molecule has 8 heteroatoms. The highest BCUT2D eigenvalue weighted by atomic mass is 16.5. The van der Waals surface area contributed by atoms with Crippen molar-refractivity contribution < 1.29 is 23.9 Å². The highest BCUT2D eigenvalue weighted by Crippen LogP contribution is 2.21. The van der Waals surface area contributed by atoms with Crippen molar-refractivity contribution in [2.24, 2.45) is 0 Å². The molecule has 2 aromatic carbocycles. The monoisotopic (exact) mass is 421 g/mol. The third-order valence-corrected chi connectivity index (χ3v) is 4.75. The summed E-state index contributed by atoms with van der Waals surface area (Å²) in [5.74, 6) is -1.64. The van der Waals surface area contributed by atoms with E-state index in [9.17, 15) is 14.4 Å². The number of amides is 1. The van der Waals surface area contributed by atoms with Gasteiger partial charge in [-0.2, -0.15) is 5.10 Å². The Morgan fingerprint density at radius 1 is 0.903 bits per heavy atom. The summed E-state index contributed by atoms with van der Waals surface area (Å²) in [5, 5.41) is 7.12. The van der Waals surface area contributed by atoms with Gasteiger partial charge in [-0.1, -0.05) is 12.1 Å². The van der Waals surface area contributed by atoms with Gasteiger partial charge in [0.05, 0.1) is 43.3 Å². The lowest BCUT2D eigenvalue weighted by Crippen LogP contribution is -2.16. The molecule has 0 aliphatic carbocycles. The first-order valence-corrected chi connectivity index (χ1v) is 9.54. The number of aryl methyl sites for hydroxylation is 2. The number of nitrogens with zero attached hydrogens (tertiary/aromatic N) is 2. The number of rotatable bonds is 6. The maximum Gasteiger partial charge on any atom is 0.339 e. The molecule has 160 valence electrons. The van der Waals surface area contributed by atoms with Gasteiger partial charge in [-0.25, -0.2) is 9.59 Å². The molecular formula is C23H23N3O5. The van der Waals surface area contributed by atoms with Crippen LogP contribution in [0.5, 0.6) is 0 Å². The van der Waals surface area contributed by atoms with E-state index in [2.05, 4.69) is 10.4 Å². The van der Waals surface area contributed by atoms with Crippen molar-refractivity contribution in [3.63, 3.8) is 0 Å². The highest BCUT2D eigenvalue weighted by molar-refractivity contribution is 6.09. The molecule has 0 unspecified atom stereocenters. The number of methoxy groups -OCH3 is 2. The molecule has 0 aliphatic heterocycles. The van der Waals surface area contributed by atoms with E-state index in [4.69, 9.17) is 9.47 Å². The molecule has 8 nitrogen and oxygen atoms in total. The van der Waals surface area contributed by atoms with E-state index in [1.807, 2.05) is 36.7 Å². The smallest absolute Gasteiger partial charge is 0.339 e. The Labute approximate surface area is 179 Å². The summed E-state index contributed by atoms with van der Waals surface area (Å²) in [4.78, 5) is 36.6. The fourth-order valence-corrected chi connectivity index (χ4v) is 3.14. The topological polar surface area (TPSA) is 99.5 Å². The Kier molecular flexibility index (Phi) is 6.49. The number of benzene rings is 2. The molecule has 0 aliphatic rings. The zero-order chi connectivity index (χ0) is 22.5. The van der Waals surface area contributed by atoms with Crippen LogP contribution in [0.15, 0.2) is 48.5 Å². The van der Waals surface area contributed by atoms with Crippen molar-refractivity contribution in [2.75, 3.05) is 19.5 Å². The van der Waals surface area contributed by atoms with Gasteiger partial charge in [0.15, 0.2) is 0 Å². The quantitative estimate of drug-likeness (QED) is 0.613. The average molecular weight is 421 g/mol. The fourth-order valence-electron chi connectivity index (χ4n) is 3.14. The summed E-state index contributed by atoms with van der Waals surface area (Å²) < 4.78 is 11.4. The van der Waals surface area contributed by atoms with Crippen LogP contribution >= 0.6 is 0 Å². The van der Waals surface area contributed by atoms with Crippen molar-refractivity contribution in [3.05, 3.63) is 82.2 Å². The van der Waals surface area contributed by atoms with Gasteiger partial charge in [0, 0.05) is 11.3 Å². The van der Waals surface area contributed by atoms with E-state index in [1.54, 1.807) is 12.1 Å². The molecule has 0 radical (unpaired) electrons. The minimum atomic E-state index is -0.632. The summed E-state index contributed by atoms with van der Waals surface area (Å²) in [6.45, 7) is 4.52. The lowest BCUT2D eigenvalue weighted by atomic mass is 10.1. The minimum absolute atomic E-state index is 0.129. The summed E-state index contributed by atoms with van der Waals surface area (Å²) in [6.07, 6.45) is 0. The summed E-state index contributed by atoms with van der Waals surface area (Å²) in [6, 6.07) is 13.3. The molecule has 0 spiro atoms. The van der Waals surface area contributed by atoms with Crippen molar-refractivity contribution in [2.45, 2.75) is 20.4 Å². The second-order valence-electron chi connectivity index (χ2n) is 6.98. The molecule has 1 aromatic heterocycles. The van der Waals surface area contributed by atoms with Gasteiger partial charge in [0.1, 0.15) is 0 Å². The van der Waals surface area contributed by atoms with Gasteiger partial charge in [-0.3, -0.25) is 9.48 Å². The summed E-state index contributed by atoms with van der Waals surface area (Å²) in [7, 11) is 2.49. The molecular weight excluding hydrogens is 398 g/mol. The number of hydrogen-bond acceptors (Lipinski definition) is 6. The molecule has 1 amide bonds. The number of aromatic nitrogens is 2. The molecule has 0 saturated carbocycles. The molecule has 1 heterocycles. The average Bonchev–Trinajstić information content (AvgIpc) is 3.09. The number of carbonyl (C=O) groups excluding carboxylic acids is 3. The van der Waals surface area contributed by atoms with Gasteiger partial charge >= 0.3 is 11.9 Å². The Hall–Kier alpha value is -3.94. The highest BCUT2D eigenvalue weighted by Gasteiger charge is 2.18. The number of nitrogens with one attached hydrogen (secondary N) is 1. The van der Waals surface area contributed by atoms with Gasteiger partial charge in [0.2, 0.25) is 0 Å². The van der Waals surface area contributed by atoms with E-state index in [0.717, 1.165) is 17.0 Å². The Bertz CT molecular complexity index is 1130. The first-order valence-electron chi connectivity index (χ1n) is 9.54. The van der Waals surface area contributed by atoms with Crippen molar-refractivity contribution >= 4 is 23.5 Å². The predicted octanol–water partition coefficient (Wildman–Crippen LogP) is 3.37. The lowest BCUT2D eigenvalue weighted by molar-refractivity contribution is 0.0587. The van der Waals surface area contributed by atoms with Crippen molar-refractivity contribution in [1.82, 2.24) is 9.78 Å². The first kappa shape index (κ1) is 21.8. The third-order valence-electron chi connectivity index (χ3n) is 4.75. The largest absolute Gasteiger partial charge is 0.465 e. The molecule has 1 N–H and O–H groups in total. The lowest BCUT2D eigenvalue weighted by Gasteiger charge is -2.12. The molecule has 0 bridgehead atoms.